The van der Waals surface area contributed by atoms with E-state index in [0.717, 1.165) is 10.5 Å². The molecule has 0 fully saturated rings. The minimum Gasteiger partial charge on any atom is -0.426 e. The minimum atomic E-state index is -5.76. The van der Waals surface area contributed by atoms with Crippen molar-refractivity contribution in [2.75, 3.05) is 6.54 Å². The molecule has 1 amide bonds. The molecule has 0 saturated heterocycles. The summed E-state index contributed by atoms with van der Waals surface area (Å²) < 4.78 is 80.6. The highest BCUT2D eigenvalue weighted by atomic mass is 19.4. The molecule has 28 heavy (non-hydrogen) atoms. The quantitative estimate of drug-likeness (QED) is 0.640. The second kappa shape index (κ2) is 7.37. The standard InChI is InChI=1S/C19H15F6NO2/c20-18(21,22)16(19(23,24)25)28-17(27)26-11-10-12-6-4-5-9-14(12)15(26)13-7-2-1-3-8-13/h1-9,15-16H,10-11H2/t15-/m1/s1. The van der Waals surface area contributed by atoms with E-state index in [9.17, 15) is 31.1 Å². The molecular weight excluding hydrogens is 388 g/mol. The lowest BCUT2D eigenvalue weighted by molar-refractivity contribution is -0.308. The molecule has 3 nitrogen and oxygen atoms in total. The SMILES string of the molecule is O=C(OC(C(F)(F)F)C(F)(F)F)N1CCc2ccccc2[C@H]1c1ccccc1. The van der Waals surface area contributed by atoms with E-state index in [-0.39, 0.29) is 13.0 Å². The minimum absolute atomic E-state index is 0.0716. The van der Waals surface area contributed by atoms with E-state index in [4.69, 9.17) is 0 Å². The molecule has 0 aliphatic carbocycles. The van der Waals surface area contributed by atoms with Crippen LogP contribution in [0.2, 0.25) is 0 Å². The Bertz CT molecular complexity index is 820. The Balaban J connectivity index is 1.97. The third kappa shape index (κ3) is 4.07. The third-order valence-corrected chi connectivity index (χ3v) is 4.45. The highest BCUT2D eigenvalue weighted by Gasteiger charge is 2.60. The summed E-state index contributed by atoms with van der Waals surface area (Å²) in [4.78, 5) is 13.3. The summed E-state index contributed by atoms with van der Waals surface area (Å²) in [5.74, 6) is 0. The first-order valence-electron chi connectivity index (χ1n) is 8.32. The molecule has 3 rings (SSSR count). The summed E-state index contributed by atoms with van der Waals surface area (Å²) in [6.45, 7) is -0.0716. The number of fused-ring (bicyclic) bond motifs is 1. The molecule has 2 aromatic carbocycles. The number of hydrogen-bond acceptors (Lipinski definition) is 2. The molecular formula is C19H15F6NO2. The predicted molar refractivity (Wildman–Crippen MR) is 87.5 cm³/mol. The van der Waals surface area contributed by atoms with Gasteiger partial charge in [-0.15, -0.1) is 0 Å². The lowest BCUT2D eigenvalue weighted by Gasteiger charge is -2.38. The zero-order valence-electron chi connectivity index (χ0n) is 14.3. The van der Waals surface area contributed by atoms with E-state index >= 15 is 0 Å². The molecule has 0 bridgehead atoms. The monoisotopic (exact) mass is 403 g/mol. The molecule has 9 heteroatoms. The maximum Gasteiger partial charge on any atom is 0.434 e. The number of amides is 1. The zero-order valence-corrected chi connectivity index (χ0v) is 14.3. The average molecular weight is 403 g/mol. The molecule has 1 aliphatic heterocycles. The van der Waals surface area contributed by atoms with Crippen LogP contribution in [0.3, 0.4) is 0 Å². The van der Waals surface area contributed by atoms with E-state index in [1.54, 1.807) is 48.5 Å². The van der Waals surface area contributed by atoms with Crippen molar-refractivity contribution in [3.63, 3.8) is 0 Å². The van der Waals surface area contributed by atoms with E-state index in [0.29, 0.717) is 11.1 Å². The third-order valence-electron chi connectivity index (χ3n) is 4.45. The normalized spacial score (nSPS) is 17.4. The molecule has 0 N–H and O–H groups in total. The molecule has 0 unspecified atom stereocenters. The number of ether oxygens (including phenoxy) is 1. The van der Waals surface area contributed by atoms with Gasteiger partial charge < -0.3 is 4.74 Å². The fourth-order valence-electron chi connectivity index (χ4n) is 3.25. The van der Waals surface area contributed by atoms with Crippen molar-refractivity contribution in [1.29, 1.82) is 0 Å². The first kappa shape index (κ1) is 20.0. The number of hydrogen-bond donors (Lipinski definition) is 0. The van der Waals surface area contributed by atoms with Crippen molar-refractivity contribution in [3.8, 4) is 0 Å². The van der Waals surface area contributed by atoms with Crippen molar-refractivity contribution in [2.45, 2.75) is 30.9 Å². The van der Waals surface area contributed by atoms with Crippen LogP contribution in [0.1, 0.15) is 22.7 Å². The molecule has 150 valence electrons. The first-order chi connectivity index (χ1) is 13.1. The second-order valence-electron chi connectivity index (χ2n) is 6.30. The van der Waals surface area contributed by atoms with E-state index < -0.39 is 30.6 Å². The zero-order chi connectivity index (χ0) is 20.5. The van der Waals surface area contributed by atoms with Gasteiger partial charge in [0.25, 0.3) is 6.10 Å². The number of carbonyl (C=O) groups is 1. The average Bonchev–Trinajstić information content (AvgIpc) is 2.63. The smallest absolute Gasteiger partial charge is 0.426 e. The van der Waals surface area contributed by atoms with Crippen LogP contribution in [0.5, 0.6) is 0 Å². The predicted octanol–water partition coefficient (Wildman–Crippen LogP) is 5.26. The van der Waals surface area contributed by atoms with Crippen LogP contribution in [0.25, 0.3) is 0 Å². The molecule has 1 atom stereocenters. The van der Waals surface area contributed by atoms with Crippen molar-refractivity contribution in [2.24, 2.45) is 0 Å². The first-order valence-corrected chi connectivity index (χ1v) is 8.32. The molecule has 2 aromatic rings. The molecule has 0 aromatic heterocycles. The molecule has 1 heterocycles. The molecule has 0 saturated carbocycles. The van der Waals surface area contributed by atoms with Crippen LogP contribution in [0, 0.1) is 0 Å². The van der Waals surface area contributed by atoms with Crippen molar-refractivity contribution < 1.29 is 35.9 Å². The van der Waals surface area contributed by atoms with E-state index in [1.165, 1.54) is 0 Å². The molecule has 1 aliphatic rings. The summed E-state index contributed by atoms with van der Waals surface area (Å²) in [5, 5.41) is 0. The van der Waals surface area contributed by atoms with Crippen LogP contribution in [-0.4, -0.2) is 36.0 Å². The van der Waals surface area contributed by atoms with Gasteiger partial charge in [0.05, 0.1) is 6.04 Å². The van der Waals surface area contributed by atoms with Crippen LogP contribution >= 0.6 is 0 Å². The molecule has 0 radical (unpaired) electrons. The van der Waals surface area contributed by atoms with Crippen LogP contribution in [0.15, 0.2) is 54.6 Å². The van der Waals surface area contributed by atoms with Gasteiger partial charge in [0.2, 0.25) is 0 Å². The topological polar surface area (TPSA) is 29.5 Å². The number of halogens is 6. The van der Waals surface area contributed by atoms with Crippen LogP contribution < -0.4 is 0 Å². The van der Waals surface area contributed by atoms with Crippen molar-refractivity contribution >= 4 is 6.09 Å². The highest BCUT2D eigenvalue weighted by Crippen LogP contribution is 2.39. The summed E-state index contributed by atoms with van der Waals surface area (Å²) in [5.41, 5.74) is 2.05. The Morgan fingerprint density at radius 1 is 0.929 bits per heavy atom. The molecule has 0 spiro atoms. The van der Waals surface area contributed by atoms with Gasteiger partial charge in [-0.25, -0.2) is 4.79 Å². The highest BCUT2D eigenvalue weighted by molar-refractivity contribution is 5.70. The van der Waals surface area contributed by atoms with Gasteiger partial charge in [0.15, 0.2) is 0 Å². The summed E-state index contributed by atoms with van der Waals surface area (Å²) in [6, 6.07) is 14.5. The Morgan fingerprint density at radius 3 is 2.11 bits per heavy atom. The fourth-order valence-corrected chi connectivity index (χ4v) is 3.25. The van der Waals surface area contributed by atoms with Crippen LogP contribution in [0.4, 0.5) is 31.1 Å². The maximum atomic E-state index is 12.8. The maximum absolute atomic E-state index is 12.8. The van der Waals surface area contributed by atoms with Gasteiger partial charge in [-0.05, 0) is 23.1 Å². The van der Waals surface area contributed by atoms with Crippen LogP contribution in [-0.2, 0) is 11.2 Å². The fraction of sp³-hybridized carbons (Fsp3) is 0.316. The number of benzene rings is 2. The largest absolute Gasteiger partial charge is 0.434 e. The summed E-state index contributed by atoms with van der Waals surface area (Å²) in [7, 11) is 0. The lowest BCUT2D eigenvalue weighted by atomic mass is 9.88. The van der Waals surface area contributed by atoms with E-state index in [1.807, 2.05) is 6.07 Å². The number of nitrogens with zero attached hydrogens (tertiary/aromatic N) is 1. The van der Waals surface area contributed by atoms with E-state index in [2.05, 4.69) is 4.74 Å². The Hall–Kier alpha value is -2.71. The Kier molecular flexibility index (Phi) is 5.27. The Morgan fingerprint density at radius 2 is 1.50 bits per heavy atom. The summed E-state index contributed by atoms with van der Waals surface area (Å²) >= 11 is 0. The van der Waals surface area contributed by atoms with Crippen molar-refractivity contribution in [1.82, 2.24) is 4.90 Å². The van der Waals surface area contributed by atoms with Crippen molar-refractivity contribution in [3.05, 3.63) is 71.3 Å². The number of alkyl halides is 6. The van der Waals surface area contributed by atoms with Gasteiger partial charge in [-0.1, -0.05) is 54.6 Å². The number of rotatable bonds is 2. The van der Waals surface area contributed by atoms with Gasteiger partial charge in [-0.2, -0.15) is 26.3 Å². The lowest BCUT2D eigenvalue weighted by Crippen LogP contribution is -2.49. The second-order valence-corrected chi connectivity index (χ2v) is 6.30. The van der Waals surface area contributed by atoms with Gasteiger partial charge >= 0.3 is 18.4 Å². The summed E-state index contributed by atoms with van der Waals surface area (Å²) in [6.07, 6.45) is -17.1. The Labute approximate surface area is 156 Å². The van der Waals surface area contributed by atoms with Gasteiger partial charge in [-0.3, -0.25) is 4.90 Å². The van der Waals surface area contributed by atoms with Gasteiger partial charge in [0, 0.05) is 6.54 Å². The number of carbonyl (C=O) groups excluding carboxylic acids is 1. The van der Waals surface area contributed by atoms with Gasteiger partial charge in [0.1, 0.15) is 0 Å².